The van der Waals surface area contributed by atoms with Crippen LogP contribution in [0.25, 0.3) is 0 Å². The molecule has 2 aromatic rings. The summed E-state index contributed by atoms with van der Waals surface area (Å²) in [6.45, 7) is 5.13. The summed E-state index contributed by atoms with van der Waals surface area (Å²) in [6.07, 6.45) is 2.56. The van der Waals surface area contributed by atoms with Gasteiger partial charge in [-0.1, -0.05) is 30.3 Å². The number of rotatable bonds is 7. The van der Waals surface area contributed by atoms with Gasteiger partial charge < -0.3 is 14.6 Å². The summed E-state index contributed by atoms with van der Waals surface area (Å²) in [6, 6.07) is 10.2. The van der Waals surface area contributed by atoms with Gasteiger partial charge in [0.15, 0.2) is 5.78 Å². The van der Waals surface area contributed by atoms with E-state index in [-0.39, 0.29) is 24.2 Å². The van der Waals surface area contributed by atoms with Gasteiger partial charge in [0.05, 0.1) is 13.0 Å². The Morgan fingerprint density at radius 2 is 2.00 bits per heavy atom. The van der Waals surface area contributed by atoms with E-state index in [0.717, 1.165) is 41.9 Å². The maximum atomic E-state index is 12.7. The zero-order chi connectivity index (χ0) is 19.4. The Labute approximate surface area is 160 Å². The number of ether oxygens (including phenoxy) is 1. The highest BCUT2D eigenvalue weighted by molar-refractivity contribution is 6.01. The first-order valence-electron chi connectivity index (χ1n) is 9.57. The lowest BCUT2D eigenvalue weighted by Gasteiger charge is -2.16. The van der Waals surface area contributed by atoms with Crippen molar-refractivity contribution in [2.75, 3.05) is 13.7 Å². The maximum absolute atomic E-state index is 12.7. The van der Waals surface area contributed by atoms with E-state index in [9.17, 15) is 9.59 Å². The molecule has 1 aromatic heterocycles. The van der Waals surface area contributed by atoms with Crippen molar-refractivity contribution in [1.82, 2.24) is 9.88 Å². The minimum absolute atomic E-state index is 0.0549. The highest BCUT2D eigenvalue weighted by Crippen LogP contribution is 2.31. The van der Waals surface area contributed by atoms with E-state index in [1.165, 1.54) is 5.56 Å². The minimum atomic E-state index is -0.0688. The van der Waals surface area contributed by atoms with Crippen molar-refractivity contribution in [3.8, 4) is 0 Å². The molecule has 0 unspecified atom stereocenters. The fraction of sp³-hybridized carbons (Fsp3) is 0.455. The van der Waals surface area contributed by atoms with Gasteiger partial charge in [-0.05, 0) is 37.8 Å². The SMILES string of the molecule is COC[C@H](C)NC(=O)Cc1c2c(n(Cc3ccccc3)c1C)CCCC2=O. The molecule has 5 nitrogen and oxygen atoms in total. The lowest BCUT2D eigenvalue weighted by Crippen LogP contribution is -2.36. The minimum Gasteiger partial charge on any atom is -0.383 e. The quantitative estimate of drug-likeness (QED) is 0.817. The Balaban J connectivity index is 1.91. The van der Waals surface area contributed by atoms with Gasteiger partial charge in [-0.25, -0.2) is 0 Å². The molecule has 0 saturated heterocycles. The lowest BCUT2D eigenvalue weighted by molar-refractivity contribution is -0.121. The van der Waals surface area contributed by atoms with Crippen molar-refractivity contribution in [2.24, 2.45) is 0 Å². The topological polar surface area (TPSA) is 60.3 Å². The van der Waals surface area contributed by atoms with Gasteiger partial charge in [0.1, 0.15) is 0 Å². The summed E-state index contributed by atoms with van der Waals surface area (Å²) < 4.78 is 7.31. The molecular formula is C22H28N2O3. The normalized spacial score (nSPS) is 14.7. The second kappa shape index (κ2) is 8.53. The molecule has 3 rings (SSSR count). The zero-order valence-corrected chi connectivity index (χ0v) is 16.4. The average Bonchev–Trinajstić information content (AvgIpc) is 2.89. The average molecular weight is 368 g/mol. The summed E-state index contributed by atoms with van der Waals surface area (Å²) in [7, 11) is 1.62. The zero-order valence-electron chi connectivity index (χ0n) is 16.4. The first-order valence-corrected chi connectivity index (χ1v) is 9.57. The van der Waals surface area contributed by atoms with E-state index in [0.29, 0.717) is 13.0 Å². The number of hydrogen-bond donors (Lipinski definition) is 1. The van der Waals surface area contributed by atoms with Gasteiger partial charge >= 0.3 is 0 Å². The molecule has 1 amide bonds. The monoisotopic (exact) mass is 368 g/mol. The van der Waals surface area contributed by atoms with Crippen molar-refractivity contribution in [1.29, 1.82) is 0 Å². The van der Waals surface area contributed by atoms with Crippen molar-refractivity contribution < 1.29 is 14.3 Å². The van der Waals surface area contributed by atoms with E-state index in [4.69, 9.17) is 4.74 Å². The standard InChI is InChI=1S/C22H28N2O3/c1-15(14-27-3)23-21(26)12-18-16(2)24(13-17-8-5-4-6-9-17)19-10-7-11-20(25)22(18)19/h4-6,8-9,15H,7,10-14H2,1-3H3,(H,23,26)/t15-/m0/s1. The van der Waals surface area contributed by atoms with Crippen molar-refractivity contribution in [3.05, 3.63) is 58.4 Å². The van der Waals surface area contributed by atoms with Gasteiger partial charge in [-0.2, -0.15) is 0 Å². The summed E-state index contributed by atoms with van der Waals surface area (Å²) >= 11 is 0. The second-order valence-corrected chi connectivity index (χ2v) is 7.33. The lowest BCUT2D eigenvalue weighted by atomic mass is 9.92. The number of Topliss-reactive ketones (excluding diaryl/α,β-unsaturated/α-hetero) is 1. The van der Waals surface area contributed by atoms with E-state index < -0.39 is 0 Å². The fourth-order valence-electron chi connectivity index (χ4n) is 3.96. The van der Waals surface area contributed by atoms with Crippen LogP contribution in [0.15, 0.2) is 30.3 Å². The number of nitrogens with zero attached hydrogens (tertiary/aromatic N) is 1. The summed E-state index contributed by atoms with van der Waals surface area (Å²) in [5.41, 5.74) is 4.96. The molecule has 1 heterocycles. The molecule has 0 spiro atoms. The molecule has 0 radical (unpaired) electrons. The Morgan fingerprint density at radius 3 is 2.70 bits per heavy atom. The Morgan fingerprint density at radius 1 is 1.26 bits per heavy atom. The molecule has 0 aliphatic heterocycles. The van der Waals surface area contributed by atoms with Gasteiger partial charge in [-0.15, -0.1) is 0 Å². The third kappa shape index (κ3) is 4.30. The number of hydrogen-bond acceptors (Lipinski definition) is 3. The molecule has 144 valence electrons. The summed E-state index contributed by atoms with van der Waals surface area (Å²) in [5.74, 6) is 0.0968. The molecular weight excluding hydrogens is 340 g/mol. The van der Waals surface area contributed by atoms with Crippen LogP contribution in [0.1, 0.15) is 52.6 Å². The predicted molar refractivity (Wildman–Crippen MR) is 105 cm³/mol. The molecule has 0 saturated carbocycles. The van der Waals surface area contributed by atoms with E-state index in [2.05, 4.69) is 22.0 Å². The van der Waals surface area contributed by atoms with Gasteiger partial charge in [-0.3, -0.25) is 9.59 Å². The summed E-state index contributed by atoms with van der Waals surface area (Å²) in [4.78, 5) is 25.2. The molecule has 1 aliphatic carbocycles. The molecule has 1 atom stereocenters. The van der Waals surface area contributed by atoms with Gasteiger partial charge in [0.25, 0.3) is 0 Å². The third-order valence-electron chi connectivity index (χ3n) is 5.20. The van der Waals surface area contributed by atoms with Crippen molar-refractivity contribution in [3.63, 3.8) is 0 Å². The van der Waals surface area contributed by atoms with Gasteiger partial charge in [0.2, 0.25) is 5.91 Å². The number of methoxy groups -OCH3 is 1. The van der Waals surface area contributed by atoms with E-state index >= 15 is 0 Å². The summed E-state index contributed by atoms with van der Waals surface area (Å²) in [5, 5.41) is 2.95. The first kappa shape index (κ1) is 19.4. The highest BCUT2D eigenvalue weighted by Gasteiger charge is 2.29. The number of amides is 1. The number of nitrogens with one attached hydrogen (secondary N) is 1. The van der Waals surface area contributed by atoms with Crippen LogP contribution in [0.5, 0.6) is 0 Å². The third-order valence-corrected chi connectivity index (χ3v) is 5.20. The number of carbonyl (C=O) groups excluding carboxylic acids is 2. The number of ketones is 1. The number of fused-ring (bicyclic) bond motifs is 1. The van der Waals surface area contributed by atoms with Crippen LogP contribution in [0.4, 0.5) is 0 Å². The Hall–Kier alpha value is -2.40. The molecule has 0 bridgehead atoms. The van der Waals surface area contributed by atoms with E-state index in [1.54, 1.807) is 7.11 Å². The molecule has 5 heteroatoms. The number of carbonyl (C=O) groups is 2. The second-order valence-electron chi connectivity index (χ2n) is 7.33. The van der Waals surface area contributed by atoms with Crippen LogP contribution in [0, 0.1) is 6.92 Å². The number of benzene rings is 1. The largest absolute Gasteiger partial charge is 0.383 e. The van der Waals surface area contributed by atoms with Gasteiger partial charge in [0, 0.05) is 43.1 Å². The van der Waals surface area contributed by atoms with Crippen molar-refractivity contribution in [2.45, 2.75) is 52.1 Å². The van der Waals surface area contributed by atoms with Crippen LogP contribution in [0.3, 0.4) is 0 Å². The molecule has 27 heavy (non-hydrogen) atoms. The molecule has 1 aliphatic rings. The van der Waals surface area contributed by atoms with Crippen LogP contribution in [-0.4, -0.2) is 36.0 Å². The number of aromatic nitrogens is 1. The molecule has 1 N–H and O–H groups in total. The van der Waals surface area contributed by atoms with Crippen LogP contribution in [0.2, 0.25) is 0 Å². The predicted octanol–water partition coefficient (Wildman–Crippen LogP) is 3.06. The van der Waals surface area contributed by atoms with Crippen LogP contribution in [-0.2, 0) is 28.9 Å². The molecule has 0 fully saturated rings. The Kier molecular flexibility index (Phi) is 6.11. The highest BCUT2D eigenvalue weighted by atomic mass is 16.5. The smallest absolute Gasteiger partial charge is 0.224 e. The first-order chi connectivity index (χ1) is 13.0. The van der Waals surface area contributed by atoms with Crippen LogP contribution < -0.4 is 5.32 Å². The fourth-order valence-corrected chi connectivity index (χ4v) is 3.96. The Bertz CT molecular complexity index is 824. The molecule has 1 aromatic carbocycles. The van der Waals surface area contributed by atoms with E-state index in [1.807, 2.05) is 32.0 Å². The van der Waals surface area contributed by atoms with Crippen LogP contribution >= 0.6 is 0 Å². The maximum Gasteiger partial charge on any atom is 0.224 e. The van der Waals surface area contributed by atoms with Crippen molar-refractivity contribution >= 4 is 11.7 Å².